The van der Waals surface area contributed by atoms with Gasteiger partial charge in [-0.15, -0.1) is 0 Å². The van der Waals surface area contributed by atoms with Crippen LogP contribution in [0.3, 0.4) is 0 Å². The maximum absolute atomic E-state index is 12.7. The summed E-state index contributed by atoms with van der Waals surface area (Å²) in [5, 5.41) is 0. The van der Waals surface area contributed by atoms with Crippen molar-refractivity contribution in [3.8, 4) is 5.75 Å². The summed E-state index contributed by atoms with van der Waals surface area (Å²) in [6.07, 6.45) is 4.41. The fourth-order valence-corrected chi connectivity index (χ4v) is 3.05. The third-order valence-electron chi connectivity index (χ3n) is 4.38. The van der Waals surface area contributed by atoms with Gasteiger partial charge in [-0.3, -0.25) is 9.59 Å². The molecule has 1 atom stereocenters. The molecule has 0 saturated carbocycles. The summed E-state index contributed by atoms with van der Waals surface area (Å²) in [4.78, 5) is 36.1. The highest BCUT2D eigenvalue weighted by Gasteiger charge is 2.32. The second-order valence-electron chi connectivity index (χ2n) is 5.88. The first kappa shape index (κ1) is 16.9. The van der Waals surface area contributed by atoms with Crippen LogP contribution in [0.1, 0.15) is 28.9 Å². The molecule has 3 rings (SSSR count). The standard InChI is InChI=1S/C18H20N4O3/c1-13(23)22-8-7-21(18(24)15-9-19-12-20-10-15)11-17(22)14-3-5-16(25-2)6-4-14/h3-6,9-10,12,17H,7-8,11H2,1-2H3. The van der Waals surface area contributed by atoms with Gasteiger partial charge in [-0.25, -0.2) is 9.97 Å². The van der Waals surface area contributed by atoms with Crippen molar-refractivity contribution in [1.29, 1.82) is 0 Å². The number of amides is 2. The zero-order chi connectivity index (χ0) is 17.8. The Labute approximate surface area is 146 Å². The van der Waals surface area contributed by atoms with E-state index in [1.807, 2.05) is 24.3 Å². The van der Waals surface area contributed by atoms with Crippen LogP contribution in [0.15, 0.2) is 43.0 Å². The van der Waals surface area contributed by atoms with Gasteiger partial charge in [0.05, 0.1) is 18.7 Å². The number of ether oxygens (including phenoxy) is 1. The predicted molar refractivity (Wildman–Crippen MR) is 91.1 cm³/mol. The van der Waals surface area contributed by atoms with E-state index in [2.05, 4.69) is 9.97 Å². The summed E-state index contributed by atoms with van der Waals surface area (Å²) in [7, 11) is 1.61. The van der Waals surface area contributed by atoms with Crippen LogP contribution in [0.25, 0.3) is 0 Å². The molecule has 7 nitrogen and oxygen atoms in total. The summed E-state index contributed by atoms with van der Waals surface area (Å²) in [6.45, 7) is 2.96. The number of benzene rings is 1. The Kier molecular flexibility index (Phi) is 4.92. The molecule has 2 aromatic rings. The highest BCUT2D eigenvalue weighted by molar-refractivity contribution is 5.93. The van der Waals surface area contributed by atoms with Crippen molar-refractivity contribution in [2.75, 3.05) is 26.7 Å². The van der Waals surface area contributed by atoms with E-state index in [-0.39, 0.29) is 17.9 Å². The normalized spacial score (nSPS) is 17.3. The lowest BCUT2D eigenvalue weighted by molar-refractivity contribution is -0.133. The van der Waals surface area contributed by atoms with Crippen molar-refractivity contribution in [2.24, 2.45) is 0 Å². The van der Waals surface area contributed by atoms with Crippen molar-refractivity contribution in [2.45, 2.75) is 13.0 Å². The summed E-state index contributed by atoms with van der Waals surface area (Å²) in [6, 6.07) is 7.39. The minimum Gasteiger partial charge on any atom is -0.497 e. The molecular weight excluding hydrogens is 320 g/mol. The van der Waals surface area contributed by atoms with Crippen LogP contribution in [-0.2, 0) is 4.79 Å². The molecule has 1 unspecified atom stereocenters. The largest absolute Gasteiger partial charge is 0.497 e. The maximum atomic E-state index is 12.7. The van der Waals surface area contributed by atoms with Gasteiger partial charge in [0.2, 0.25) is 5.91 Å². The second-order valence-corrected chi connectivity index (χ2v) is 5.88. The fourth-order valence-electron chi connectivity index (χ4n) is 3.05. The average molecular weight is 340 g/mol. The number of hydrogen-bond acceptors (Lipinski definition) is 5. The van der Waals surface area contributed by atoms with Gasteiger partial charge in [0.15, 0.2) is 0 Å². The highest BCUT2D eigenvalue weighted by atomic mass is 16.5. The molecule has 0 bridgehead atoms. The number of nitrogens with zero attached hydrogens (tertiary/aromatic N) is 4. The number of piperazine rings is 1. The zero-order valence-electron chi connectivity index (χ0n) is 14.3. The Balaban J connectivity index is 1.84. The van der Waals surface area contributed by atoms with Gasteiger partial charge < -0.3 is 14.5 Å². The minimum atomic E-state index is -0.189. The molecule has 1 aliphatic rings. The second kappa shape index (κ2) is 7.29. The van der Waals surface area contributed by atoms with Gasteiger partial charge in [0.25, 0.3) is 5.91 Å². The predicted octanol–water partition coefficient (Wildman–Crippen LogP) is 1.53. The third kappa shape index (κ3) is 3.60. The summed E-state index contributed by atoms with van der Waals surface area (Å²) in [5.74, 6) is 0.626. The van der Waals surface area contributed by atoms with E-state index < -0.39 is 0 Å². The summed E-state index contributed by atoms with van der Waals surface area (Å²) < 4.78 is 5.19. The summed E-state index contributed by atoms with van der Waals surface area (Å²) in [5.41, 5.74) is 1.42. The third-order valence-corrected chi connectivity index (χ3v) is 4.38. The Morgan fingerprint density at radius 3 is 2.40 bits per heavy atom. The van der Waals surface area contributed by atoms with Gasteiger partial charge in [-0.1, -0.05) is 12.1 Å². The van der Waals surface area contributed by atoms with Crippen LogP contribution < -0.4 is 4.74 Å². The number of rotatable bonds is 3. The van der Waals surface area contributed by atoms with E-state index in [0.717, 1.165) is 11.3 Å². The van der Waals surface area contributed by atoms with E-state index in [0.29, 0.717) is 25.2 Å². The number of hydrogen-bond donors (Lipinski definition) is 0. The Bertz CT molecular complexity index is 749. The van der Waals surface area contributed by atoms with E-state index in [9.17, 15) is 9.59 Å². The molecule has 1 fully saturated rings. The van der Waals surface area contributed by atoms with Gasteiger partial charge in [-0.2, -0.15) is 0 Å². The molecule has 0 radical (unpaired) electrons. The van der Waals surface area contributed by atoms with Crippen molar-refractivity contribution in [3.63, 3.8) is 0 Å². The van der Waals surface area contributed by atoms with E-state index in [4.69, 9.17) is 4.74 Å². The van der Waals surface area contributed by atoms with Crippen molar-refractivity contribution < 1.29 is 14.3 Å². The Morgan fingerprint density at radius 2 is 1.80 bits per heavy atom. The van der Waals surface area contributed by atoms with E-state index >= 15 is 0 Å². The Morgan fingerprint density at radius 1 is 1.12 bits per heavy atom. The first-order valence-electron chi connectivity index (χ1n) is 8.05. The van der Waals surface area contributed by atoms with E-state index in [1.54, 1.807) is 23.8 Å². The molecule has 1 aromatic heterocycles. The highest BCUT2D eigenvalue weighted by Crippen LogP contribution is 2.27. The lowest BCUT2D eigenvalue weighted by atomic mass is 10.0. The van der Waals surface area contributed by atoms with Gasteiger partial charge in [-0.05, 0) is 17.7 Å². The topological polar surface area (TPSA) is 75.6 Å². The first-order chi connectivity index (χ1) is 12.1. The molecule has 1 aromatic carbocycles. The maximum Gasteiger partial charge on any atom is 0.257 e. The molecule has 25 heavy (non-hydrogen) atoms. The molecule has 2 heterocycles. The molecule has 0 spiro atoms. The van der Waals surface area contributed by atoms with Crippen LogP contribution >= 0.6 is 0 Å². The number of aromatic nitrogens is 2. The molecule has 7 heteroatoms. The monoisotopic (exact) mass is 340 g/mol. The first-order valence-corrected chi connectivity index (χ1v) is 8.05. The molecule has 130 valence electrons. The van der Waals surface area contributed by atoms with Gasteiger partial charge in [0.1, 0.15) is 12.1 Å². The molecule has 2 amide bonds. The molecule has 0 N–H and O–H groups in total. The Hall–Kier alpha value is -2.96. The lowest BCUT2D eigenvalue weighted by Crippen LogP contribution is -2.51. The lowest BCUT2D eigenvalue weighted by Gasteiger charge is -2.41. The van der Waals surface area contributed by atoms with Crippen LogP contribution in [0, 0.1) is 0 Å². The quantitative estimate of drug-likeness (QED) is 0.847. The van der Waals surface area contributed by atoms with Crippen molar-refractivity contribution in [3.05, 3.63) is 54.1 Å². The minimum absolute atomic E-state index is 0.00374. The van der Waals surface area contributed by atoms with Crippen LogP contribution in [-0.4, -0.2) is 58.3 Å². The summed E-state index contributed by atoms with van der Waals surface area (Å²) >= 11 is 0. The number of carbonyl (C=O) groups excluding carboxylic acids is 2. The number of methoxy groups -OCH3 is 1. The van der Waals surface area contributed by atoms with Gasteiger partial charge in [0, 0.05) is 39.0 Å². The van der Waals surface area contributed by atoms with E-state index in [1.165, 1.54) is 18.7 Å². The SMILES string of the molecule is COc1ccc(C2CN(C(=O)c3cncnc3)CCN2C(C)=O)cc1. The smallest absolute Gasteiger partial charge is 0.257 e. The van der Waals surface area contributed by atoms with Crippen LogP contribution in [0.5, 0.6) is 5.75 Å². The van der Waals surface area contributed by atoms with Crippen molar-refractivity contribution >= 4 is 11.8 Å². The van der Waals surface area contributed by atoms with Crippen LogP contribution in [0.4, 0.5) is 0 Å². The zero-order valence-corrected chi connectivity index (χ0v) is 14.3. The molecular formula is C18H20N4O3. The molecule has 1 saturated heterocycles. The fraction of sp³-hybridized carbons (Fsp3) is 0.333. The molecule has 0 aliphatic carbocycles. The van der Waals surface area contributed by atoms with Crippen LogP contribution in [0.2, 0.25) is 0 Å². The average Bonchev–Trinajstić information content (AvgIpc) is 2.67. The van der Waals surface area contributed by atoms with Crippen molar-refractivity contribution in [1.82, 2.24) is 19.8 Å². The van der Waals surface area contributed by atoms with Gasteiger partial charge >= 0.3 is 0 Å². The molecule has 1 aliphatic heterocycles. The number of carbonyl (C=O) groups is 2.